The van der Waals surface area contributed by atoms with Crippen molar-refractivity contribution in [3.8, 4) is 5.75 Å². The second-order valence-electron chi connectivity index (χ2n) is 4.62. The van der Waals surface area contributed by atoms with Crippen molar-refractivity contribution in [2.75, 3.05) is 0 Å². The Morgan fingerprint density at radius 3 is 2.85 bits per heavy atom. The van der Waals surface area contributed by atoms with E-state index in [0.29, 0.717) is 5.69 Å². The highest BCUT2D eigenvalue weighted by molar-refractivity contribution is 9.10. The quantitative estimate of drug-likeness (QED) is 0.898. The number of hydrogen-bond acceptors (Lipinski definition) is 2. The maximum absolute atomic E-state index is 12.3. The van der Waals surface area contributed by atoms with Gasteiger partial charge in [0.15, 0.2) is 0 Å². The van der Waals surface area contributed by atoms with Gasteiger partial charge in [0.2, 0.25) is 0 Å². The van der Waals surface area contributed by atoms with Crippen LogP contribution in [0.15, 0.2) is 41.0 Å². The maximum Gasteiger partial charge on any atom is 0.268 e. The van der Waals surface area contributed by atoms with Gasteiger partial charge in [-0.1, -0.05) is 12.1 Å². The van der Waals surface area contributed by atoms with Crippen LogP contribution in [-0.4, -0.2) is 15.6 Å². The van der Waals surface area contributed by atoms with Crippen molar-refractivity contribution in [2.45, 2.75) is 26.4 Å². The van der Waals surface area contributed by atoms with Gasteiger partial charge >= 0.3 is 0 Å². The number of benzene rings is 1. The van der Waals surface area contributed by atoms with Gasteiger partial charge in [-0.2, -0.15) is 0 Å². The zero-order valence-electron chi connectivity index (χ0n) is 11.4. The van der Waals surface area contributed by atoms with E-state index >= 15 is 0 Å². The topological polar surface area (TPSA) is 54.3 Å². The molecule has 0 aliphatic carbocycles. The third-order valence-electron chi connectivity index (χ3n) is 3.15. The third kappa shape index (κ3) is 3.22. The number of carbonyl (C=O) groups is 1. The van der Waals surface area contributed by atoms with Gasteiger partial charge in [0.1, 0.15) is 11.4 Å². The summed E-state index contributed by atoms with van der Waals surface area (Å²) in [5, 5.41) is 12.4. The summed E-state index contributed by atoms with van der Waals surface area (Å²) in [7, 11) is 0. The normalized spacial score (nSPS) is 12.2. The van der Waals surface area contributed by atoms with Crippen LogP contribution in [0.1, 0.15) is 35.9 Å². The minimum atomic E-state index is -0.173. The number of aryl methyl sites for hydroxylation is 1. The summed E-state index contributed by atoms with van der Waals surface area (Å²) >= 11 is 3.38. The first-order valence-electron chi connectivity index (χ1n) is 6.46. The predicted molar refractivity (Wildman–Crippen MR) is 81.8 cm³/mol. The van der Waals surface area contributed by atoms with Crippen LogP contribution >= 0.6 is 15.9 Å². The van der Waals surface area contributed by atoms with Crippen molar-refractivity contribution in [1.29, 1.82) is 0 Å². The number of nitrogens with one attached hydrogen (secondary N) is 1. The fourth-order valence-electron chi connectivity index (χ4n) is 2.07. The van der Waals surface area contributed by atoms with E-state index in [1.807, 2.05) is 30.7 Å². The molecule has 4 nitrogen and oxygen atoms in total. The van der Waals surface area contributed by atoms with Crippen molar-refractivity contribution in [2.24, 2.45) is 0 Å². The van der Waals surface area contributed by atoms with E-state index in [0.717, 1.165) is 16.6 Å². The summed E-state index contributed by atoms with van der Waals surface area (Å²) in [5.41, 5.74) is 1.48. The molecule has 20 heavy (non-hydrogen) atoms. The molecular formula is C15H17BrN2O2. The standard InChI is InChI=1S/C15H17BrN2O2/c1-3-18-9-12(16)8-14(18)15(20)17-10(2)11-5-4-6-13(19)7-11/h4-10,19H,3H2,1-2H3,(H,17,20). The molecule has 0 fully saturated rings. The third-order valence-corrected chi connectivity index (χ3v) is 3.59. The lowest BCUT2D eigenvalue weighted by Crippen LogP contribution is -2.28. The van der Waals surface area contributed by atoms with E-state index < -0.39 is 0 Å². The zero-order chi connectivity index (χ0) is 14.7. The Labute approximate surface area is 126 Å². The molecular weight excluding hydrogens is 320 g/mol. The van der Waals surface area contributed by atoms with E-state index in [-0.39, 0.29) is 17.7 Å². The smallest absolute Gasteiger partial charge is 0.268 e. The van der Waals surface area contributed by atoms with Crippen LogP contribution in [0.3, 0.4) is 0 Å². The molecule has 1 atom stereocenters. The molecule has 1 amide bonds. The van der Waals surface area contributed by atoms with Gasteiger partial charge in [-0.3, -0.25) is 4.79 Å². The average Bonchev–Trinajstić information content (AvgIpc) is 2.80. The maximum atomic E-state index is 12.3. The van der Waals surface area contributed by atoms with Crippen molar-refractivity contribution in [1.82, 2.24) is 9.88 Å². The number of nitrogens with zero attached hydrogens (tertiary/aromatic N) is 1. The first kappa shape index (κ1) is 14.7. The summed E-state index contributed by atoms with van der Waals surface area (Å²) < 4.78 is 2.77. The van der Waals surface area contributed by atoms with Gasteiger partial charge in [-0.05, 0) is 53.5 Å². The number of halogens is 1. The number of hydrogen-bond donors (Lipinski definition) is 2. The molecule has 5 heteroatoms. The summed E-state index contributed by atoms with van der Waals surface area (Å²) in [5.74, 6) is 0.0664. The number of aromatic hydroxyl groups is 1. The number of aromatic nitrogens is 1. The van der Waals surface area contributed by atoms with Crippen LogP contribution < -0.4 is 5.32 Å². The predicted octanol–water partition coefficient (Wildman–Crippen LogP) is 3.47. The van der Waals surface area contributed by atoms with Gasteiger partial charge in [-0.15, -0.1) is 0 Å². The second kappa shape index (κ2) is 6.13. The summed E-state index contributed by atoms with van der Waals surface area (Å²) in [4.78, 5) is 12.3. The highest BCUT2D eigenvalue weighted by Crippen LogP contribution is 2.19. The van der Waals surface area contributed by atoms with Crippen LogP contribution in [0.5, 0.6) is 5.75 Å². The van der Waals surface area contributed by atoms with Crippen molar-refractivity contribution in [3.63, 3.8) is 0 Å². The Morgan fingerprint density at radius 2 is 2.20 bits per heavy atom. The lowest BCUT2D eigenvalue weighted by atomic mass is 10.1. The van der Waals surface area contributed by atoms with E-state index in [2.05, 4.69) is 21.2 Å². The number of amides is 1. The van der Waals surface area contributed by atoms with Gasteiger partial charge in [0.25, 0.3) is 5.91 Å². The van der Waals surface area contributed by atoms with E-state index in [4.69, 9.17) is 0 Å². The molecule has 106 valence electrons. The largest absolute Gasteiger partial charge is 0.508 e. The van der Waals surface area contributed by atoms with E-state index in [9.17, 15) is 9.90 Å². The molecule has 1 aromatic heterocycles. The average molecular weight is 337 g/mol. The van der Waals surface area contributed by atoms with Crippen molar-refractivity contribution < 1.29 is 9.90 Å². The fourth-order valence-corrected chi connectivity index (χ4v) is 2.54. The van der Waals surface area contributed by atoms with Crippen LogP contribution in [0.4, 0.5) is 0 Å². The molecule has 0 spiro atoms. The molecule has 0 saturated carbocycles. The fraction of sp³-hybridized carbons (Fsp3) is 0.267. The molecule has 2 aromatic rings. The molecule has 0 aliphatic heterocycles. The number of phenolic OH excluding ortho intramolecular Hbond substituents is 1. The molecule has 1 unspecified atom stereocenters. The molecule has 1 aromatic carbocycles. The minimum absolute atomic E-state index is 0.131. The van der Waals surface area contributed by atoms with Crippen molar-refractivity contribution >= 4 is 21.8 Å². The van der Waals surface area contributed by atoms with Crippen LogP contribution in [0.25, 0.3) is 0 Å². The summed E-state index contributed by atoms with van der Waals surface area (Å²) in [6.45, 7) is 4.61. The van der Waals surface area contributed by atoms with Crippen molar-refractivity contribution in [3.05, 3.63) is 52.3 Å². The molecule has 0 radical (unpaired) electrons. The van der Waals surface area contributed by atoms with E-state index in [1.165, 1.54) is 0 Å². The lowest BCUT2D eigenvalue weighted by Gasteiger charge is -2.15. The van der Waals surface area contributed by atoms with Crippen LogP contribution in [-0.2, 0) is 6.54 Å². The highest BCUT2D eigenvalue weighted by Gasteiger charge is 2.15. The zero-order valence-corrected chi connectivity index (χ0v) is 13.0. The van der Waals surface area contributed by atoms with Crippen LogP contribution in [0.2, 0.25) is 0 Å². The first-order valence-corrected chi connectivity index (χ1v) is 7.26. The van der Waals surface area contributed by atoms with Gasteiger partial charge in [-0.25, -0.2) is 0 Å². The SMILES string of the molecule is CCn1cc(Br)cc1C(=O)NC(C)c1cccc(O)c1. The summed E-state index contributed by atoms with van der Waals surface area (Å²) in [6, 6.07) is 8.53. The Balaban J connectivity index is 2.15. The second-order valence-corrected chi connectivity index (χ2v) is 5.54. The Morgan fingerprint density at radius 1 is 1.45 bits per heavy atom. The highest BCUT2D eigenvalue weighted by atomic mass is 79.9. The molecule has 0 aliphatic rings. The van der Waals surface area contributed by atoms with Gasteiger partial charge in [0.05, 0.1) is 6.04 Å². The number of carbonyl (C=O) groups excluding carboxylic acids is 1. The number of rotatable bonds is 4. The Kier molecular flexibility index (Phi) is 4.49. The number of phenols is 1. The Hall–Kier alpha value is -1.75. The van der Waals surface area contributed by atoms with E-state index in [1.54, 1.807) is 24.3 Å². The molecule has 2 N–H and O–H groups in total. The first-order chi connectivity index (χ1) is 9.51. The minimum Gasteiger partial charge on any atom is -0.508 e. The summed E-state index contributed by atoms with van der Waals surface area (Å²) in [6.07, 6.45) is 1.88. The molecule has 1 heterocycles. The lowest BCUT2D eigenvalue weighted by molar-refractivity contribution is 0.0930. The molecule has 0 saturated heterocycles. The monoisotopic (exact) mass is 336 g/mol. The Bertz CT molecular complexity index is 622. The van der Waals surface area contributed by atoms with Crippen LogP contribution in [0, 0.1) is 0 Å². The molecule has 0 bridgehead atoms. The molecule has 2 rings (SSSR count). The van der Waals surface area contributed by atoms with Gasteiger partial charge < -0.3 is 15.0 Å². The van der Waals surface area contributed by atoms with Gasteiger partial charge in [0, 0.05) is 17.2 Å².